The largest absolute Gasteiger partial charge is 0.396 e. The van der Waals surface area contributed by atoms with Crippen molar-refractivity contribution in [2.24, 2.45) is 28.7 Å². The van der Waals surface area contributed by atoms with Crippen LogP contribution in [0.15, 0.2) is 54.0 Å². The first-order valence-electron chi connectivity index (χ1n) is 16.9. The van der Waals surface area contributed by atoms with E-state index in [1.807, 2.05) is 26.8 Å². The van der Waals surface area contributed by atoms with Crippen molar-refractivity contribution in [3.63, 3.8) is 0 Å². The van der Waals surface area contributed by atoms with Crippen molar-refractivity contribution in [2.75, 3.05) is 6.61 Å². The third kappa shape index (κ3) is 8.99. The molecular weight excluding hydrogens is 514 g/mol. The number of aryl methyl sites for hydroxylation is 1. The van der Waals surface area contributed by atoms with Crippen molar-refractivity contribution in [2.45, 2.75) is 119 Å². The van der Waals surface area contributed by atoms with E-state index in [4.69, 9.17) is 4.99 Å². The lowest BCUT2D eigenvalue weighted by atomic mass is 9.74. The summed E-state index contributed by atoms with van der Waals surface area (Å²) in [6.07, 6.45) is 10.5. The maximum absolute atomic E-state index is 12.9. The van der Waals surface area contributed by atoms with E-state index >= 15 is 0 Å². The van der Waals surface area contributed by atoms with E-state index in [1.54, 1.807) is 0 Å². The van der Waals surface area contributed by atoms with Crippen molar-refractivity contribution in [3.8, 4) is 11.1 Å². The van der Waals surface area contributed by atoms with Gasteiger partial charge in [0.25, 0.3) is 0 Å². The van der Waals surface area contributed by atoms with E-state index in [2.05, 4.69) is 77.6 Å². The first-order valence-corrected chi connectivity index (χ1v) is 16.9. The number of aliphatic imine (C=N–C) groups is 1. The highest BCUT2D eigenvalue weighted by atomic mass is 16.3. The number of benzene rings is 2. The van der Waals surface area contributed by atoms with Crippen molar-refractivity contribution in [3.05, 3.63) is 71.3 Å². The van der Waals surface area contributed by atoms with Crippen LogP contribution < -0.4 is 0 Å². The number of hydrogen-bond acceptors (Lipinski definition) is 3. The molecule has 0 bridgehead atoms. The Bertz CT molecular complexity index is 1160. The number of hydrogen-bond donors (Lipinski definition) is 1. The Morgan fingerprint density at radius 3 is 2.29 bits per heavy atom. The van der Waals surface area contributed by atoms with E-state index < -0.39 is 0 Å². The summed E-state index contributed by atoms with van der Waals surface area (Å²) in [6, 6.07) is 13.4. The lowest BCUT2D eigenvalue weighted by Gasteiger charge is -2.36. The lowest BCUT2D eigenvalue weighted by Crippen LogP contribution is -2.35. The summed E-state index contributed by atoms with van der Waals surface area (Å²) in [6.45, 7) is 21.6. The molecule has 2 aromatic rings. The minimum absolute atomic E-state index is 0.180. The Kier molecular flexibility index (Phi) is 15.5. The standard InChI is InChI=1S/C37H53NO2.C2H6/c1-8-12-15-36(40)34-23-29(17-16-27(34)7)28-18-19-33-30(22-28)24-35(31(20-21-39)25(5)11-4)38-37(33)32(14-10-3)26(6)13-9-2;1-2/h8,16-19,22-23,25-26,31-32,35,39H,1,9-15,20-21,24H2,2-7H3;1-2H3/t25-,26-,31?,32?,35?;/m0./s1. The SMILES string of the molecule is C=CCCC(=O)c1cc(-c2ccc3c(c2)CC(C(CCO)[C@@H](C)CC)N=C3C(CCC)[C@@H](C)CCC)ccc1C.CC. The molecule has 0 saturated heterocycles. The van der Waals surface area contributed by atoms with Gasteiger partial charge >= 0.3 is 0 Å². The average Bonchev–Trinajstić information content (AvgIpc) is 3.01. The Hall–Kier alpha value is -2.52. The summed E-state index contributed by atoms with van der Waals surface area (Å²) < 4.78 is 0. The molecule has 1 aliphatic rings. The van der Waals surface area contributed by atoms with Gasteiger partial charge in [-0.1, -0.05) is 111 Å². The Morgan fingerprint density at radius 1 is 1.00 bits per heavy atom. The Labute approximate surface area is 258 Å². The summed E-state index contributed by atoms with van der Waals surface area (Å²) in [4.78, 5) is 18.5. The molecule has 0 amide bonds. The first-order chi connectivity index (χ1) is 20.3. The van der Waals surface area contributed by atoms with E-state index in [1.165, 1.54) is 29.7 Å². The number of aliphatic hydroxyl groups excluding tert-OH is 1. The van der Waals surface area contributed by atoms with Gasteiger partial charge in [-0.05, 0) is 84.2 Å². The highest BCUT2D eigenvalue weighted by Gasteiger charge is 2.34. The van der Waals surface area contributed by atoms with Gasteiger partial charge < -0.3 is 5.11 Å². The van der Waals surface area contributed by atoms with E-state index in [0.717, 1.165) is 54.4 Å². The topological polar surface area (TPSA) is 49.7 Å². The number of carbonyl (C=O) groups is 1. The molecule has 42 heavy (non-hydrogen) atoms. The molecule has 232 valence electrons. The molecular formula is C39H59NO2. The van der Waals surface area contributed by atoms with E-state index in [0.29, 0.717) is 36.5 Å². The van der Waals surface area contributed by atoms with Gasteiger partial charge in [0.2, 0.25) is 0 Å². The highest BCUT2D eigenvalue weighted by Crippen LogP contribution is 2.38. The third-order valence-corrected chi connectivity index (χ3v) is 9.28. The van der Waals surface area contributed by atoms with Crippen molar-refractivity contribution < 1.29 is 9.90 Å². The molecule has 0 aliphatic carbocycles. The van der Waals surface area contributed by atoms with Crippen LogP contribution in [0.1, 0.15) is 127 Å². The molecule has 3 nitrogen and oxygen atoms in total. The zero-order chi connectivity index (χ0) is 31.2. The van der Waals surface area contributed by atoms with Crippen molar-refractivity contribution in [1.82, 2.24) is 0 Å². The fourth-order valence-corrected chi connectivity index (χ4v) is 6.69. The molecule has 0 fully saturated rings. The number of fused-ring (bicyclic) bond motifs is 1. The van der Waals surface area contributed by atoms with E-state index in [-0.39, 0.29) is 18.4 Å². The molecule has 1 N–H and O–H groups in total. The minimum atomic E-state index is 0.180. The van der Waals surface area contributed by atoms with Crippen LogP contribution in [0.5, 0.6) is 0 Å². The quantitative estimate of drug-likeness (QED) is 0.160. The summed E-state index contributed by atoms with van der Waals surface area (Å²) >= 11 is 0. The molecule has 3 rings (SSSR count). The van der Waals surface area contributed by atoms with Crippen LogP contribution in [0.2, 0.25) is 0 Å². The predicted molar refractivity (Wildman–Crippen MR) is 183 cm³/mol. The second-order valence-electron chi connectivity index (χ2n) is 12.2. The third-order valence-electron chi connectivity index (χ3n) is 9.28. The summed E-state index contributed by atoms with van der Waals surface area (Å²) in [5.41, 5.74) is 8.05. The summed E-state index contributed by atoms with van der Waals surface area (Å²) in [5.74, 6) is 2.07. The first kappa shape index (κ1) is 35.7. The minimum Gasteiger partial charge on any atom is -0.396 e. The lowest BCUT2D eigenvalue weighted by molar-refractivity contribution is 0.0983. The van der Waals surface area contributed by atoms with Gasteiger partial charge in [-0.3, -0.25) is 9.79 Å². The number of allylic oxidation sites excluding steroid dienone is 1. The van der Waals surface area contributed by atoms with Crippen LogP contribution in [0, 0.1) is 30.6 Å². The second-order valence-corrected chi connectivity index (χ2v) is 12.2. The van der Waals surface area contributed by atoms with Gasteiger partial charge in [0.05, 0.1) is 6.04 Å². The smallest absolute Gasteiger partial charge is 0.163 e. The molecule has 0 radical (unpaired) electrons. The number of nitrogens with zero attached hydrogens (tertiary/aromatic N) is 1. The summed E-state index contributed by atoms with van der Waals surface area (Å²) in [7, 11) is 0. The van der Waals surface area contributed by atoms with Crippen LogP contribution in [-0.2, 0) is 6.42 Å². The molecule has 0 saturated carbocycles. The molecule has 1 aliphatic heterocycles. The van der Waals surface area contributed by atoms with Crippen molar-refractivity contribution >= 4 is 11.5 Å². The zero-order valence-electron chi connectivity index (χ0n) is 28.0. The number of Topliss-reactive ketones (excluding diaryl/α,β-unsaturated/α-hetero) is 1. The fraction of sp³-hybridized carbons (Fsp3) is 0.590. The van der Waals surface area contributed by atoms with Crippen LogP contribution >= 0.6 is 0 Å². The predicted octanol–water partition coefficient (Wildman–Crippen LogP) is 10.4. The average molecular weight is 574 g/mol. The molecule has 5 atom stereocenters. The van der Waals surface area contributed by atoms with Gasteiger partial charge in [0.15, 0.2) is 5.78 Å². The second kappa shape index (κ2) is 18.2. The Balaban J connectivity index is 0.00000301. The number of carbonyl (C=O) groups excluding carboxylic acids is 1. The molecule has 0 spiro atoms. The Morgan fingerprint density at radius 2 is 1.67 bits per heavy atom. The maximum Gasteiger partial charge on any atom is 0.163 e. The van der Waals surface area contributed by atoms with Crippen LogP contribution in [-0.4, -0.2) is 29.3 Å². The van der Waals surface area contributed by atoms with Gasteiger partial charge in [-0.2, -0.15) is 0 Å². The van der Waals surface area contributed by atoms with E-state index in [9.17, 15) is 9.90 Å². The van der Waals surface area contributed by atoms with Gasteiger partial charge in [0, 0.05) is 30.2 Å². The molecule has 3 unspecified atom stereocenters. The van der Waals surface area contributed by atoms with Gasteiger partial charge in [-0.25, -0.2) is 0 Å². The number of rotatable bonds is 16. The summed E-state index contributed by atoms with van der Waals surface area (Å²) in [5, 5.41) is 9.98. The molecule has 1 heterocycles. The van der Waals surface area contributed by atoms with Crippen LogP contribution in [0.4, 0.5) is 0 Å². The van der Waals surface area contributed by atoms with Gasteiger partial charge in [-0.15, -0.1) is 6.58 Å². The van der Waals surface area contributed by atoms with Crippen LogP contribution in [0.25, 0.3) is 11.1 Å². The number of ketones is 1. The van der Waals surface area contributed by atoms with Crippen LogP contribution in [0.3, 0.4) is 0 Å². The number of aliphatic hydroxyl groups is 1. The zero-order valence-corrected chi connectivity index (χ0v) is 28.0. The molecule has 2 aromatic carbocycles. The molecule has 0 aromatic heterocycles. The van der Waals surface area contributed by atoms with Gasteiger partial charge in [0.1, 0.15) is 0 Å². The maximum atomic E-state index is 12.9. The highest BCUT2D eigenvalue weighted by molar-refractivity contribution is 6.05. The fourth-order valence-electron chi connectivity index (χ4n) is 6.69. The molecule has 3 heteroatoms. The van der Waals surface area contributed by atoms with Crippen molar-refractivity contribution in [1.29, 1.82) is 0 Å². The monoisotopic (exact) mass is 573 g/mol. The normalized spacial score (nSPS) is 17.2.